The summed E-state index contributed by atoms with van der Waals surface area (Å²) >= 11 is 0. The summed E-state index contributed by atoms with van der Waals surface area (Å²) < 4.78 is 5.36. The van der Waals surface area contributed by atoms with Gasteiger partial charge in [0.1, 0.15) is 0 Å². The molecule has 0 aromatic heterocycles. The van der Waals surface area contributed by atoms with E-state index in [0.717, 1.165) is 11.5 Å². The van der Waals surface area contributed by atoms with E-state index < -0.39 is 0 Å². The Morgan fingerprint density at radius 2 is 1.91 bits per heavy atom. The van der Waals surface area contributed by atoms with Gasteiger partial charge in [0.25, 0.3) is 0 Å². The van der Waals surface area contributed by atoms with Crippen LogP contribution in [0.3, 0.4) is 0 Å². The first-order valence-electron chi connectivity index (χ1n) is 4.01. The van der Waals surface area contributed by atoms with Crippen LogP contribution in [0.1, 0.15) is 30.9 Å². The van der Waals surface area contributed by atoms with Gasteiger partial charge in [-0.05, 0) is 18.4 Å². The number of hydrogen-bond acceptors (Lipinski definition) is 1. The summed E-state index contributed by atoms with van der Waals surface area (Å²) in [5, 5.41) is 0. The third-order valence-corrected chi connectivity index (χ3v) is 2.12. The van der Waals surface area contributed by atoms with Crippen LogP contribution < -0.4 is 4.74 Å². The lowest BCUT2D eigenvalue weighted by molar-refractivity contribution is 0.636. The van der Waals surface area contributed by atoms with Crippen LogP contribution in [0.2, 0.25) is 0 Å². The summed E-state index contributed by atoms with van der Waals surface area (Å²) in [4.78, 5) is 0. The van der Waals surface area contributed by atoms with Crippen molar-refractivity contribution in [3.63, 3.8) is 0 Å². The molecule has 0 atom stereocenters. The molecule has 0 fully saturated rings. The molecule has 0 spiro atoms. The fraction of sp³-hybridized carbons (Fsp3) is 0.400. The monoisotopic (exact) mass is 148 g/mol. The topological polar surface area (TPSA) is 12.5 Å². The zero-order chi connectivity index (χ0) is 8.01. The Balaban J connectivity index is 2.49. The predicted octanol–water partition coefficient (Wildman–Crippen LogP) is 3.22. The van der Waals surface area contributed by atoms with Crippen LogP contribution >= 0.6 is 0 Å². The molecular formula is C10H12O. The third kappa shape index (κ3) is 0.917. The second-order valence-corrected chi connectivity index (χ2v) is 3.39. The zero-order valence-corrected chi connectivity index (χ0v) is 7.14. The van der Waals surface area contributed by atoms with E-state index in [2.05, 4.69) is 32.9 Å². The van der Waals surface area contributed by atoms with Gasteiger partial charge in [-0.1, -0.05) is 26.0 Å². The van der Waals surface area contributed by atoms with Gasteiger partial charge < -0.3 is 4.74 Å². The molecule has 58 valence electrons. The number of hydrogen-bond donors (Lipinski definition) is 0. The molecule has 1 nitrogen and oxygen atoms in total. The maximum absolute atomic E-state index is 5.36. The molecule has 11 heavy (non-hydrogen) atoms. The second kappa shape index (κ2) is 2.00. The van der Waals surface area contributed by atoms with Crippen molar-refractivity contribution >= 4 is 0 Å². The Morgan fingerprint density at radius 1 is 1.18 bits per heavy atom. The van der Waals surface area contributed by atoms with Crippen LogP contribution in [0.5, 0.6) is 11.5 Å². The molecule has 0 saturated heterocycles. The Hall–Kier alpha value is -0.980. The number of ether oxygens (including phenoxy) is 1. The van der Waals surface area contributed by atoms with Gasteiger partial charge in [0, 0.05) is 5.56 Å². The van der Waals surface area contributed by atoms with E-state index in [1.54, 1.807) is 0 Å². The number of benzene rings is 1. The van der Waals surface area contributed by atoms with Crippen LogP contribution in [0.15, 0.2) is 12.1 Å². The standard InChI is InChI=1S/C10H12O/c1-6(2)8-5-4-7(3)9-10(8)11-9/h4-6H,1-3H3. The summed E-state index contributed by atoms with van der Waals surface area (Å²) in [5.41, 5.74) is 2.59. The smallest absolute Gasteiger partial charge is 0.173 e. The van der Waals surface area contributed by atoms with E-state index in [0.29, 0.717) is 5.92 Å². The van der Waals surface area contributed by atoms with Gasteiger partial charge in [0.05, 0.1) is 0 Å². The highest BCUT2D eigenvalue weighted by atomic mass is 16.6. The summed E-state index contributed by atoms with van der Waals surface area (Å²) in [6, 6.07) is 4.28. The predicted molar refractivity (Wildman–Crippen MR) is 45.3 cm³/mol. The first kappa shape index (κ1) is 6.71. The van der Waals surface area contributed by atoms with Crippen LogP contribution in [-0.4, -0.2) is 0 Å². The molecule has 1 aliphatic rings. The van der Waals surface area contributed by atoms with E-state index in [-0.39, 0.29) is 0 Å². The first-order chi connectivity index (χ1) is 5.20. The van der Waals surface area contributed by atoms with Crippen molar-refractivity contribution in [3.05, 3.63) is 23.3 Å². The number of rotatable bonds is 1. The molecule has 0 saturated carbocycles. The van der Waals surface area contributed by atoms with Gasteiger partial charge in [-0.2, -0.15) is 0 Å². The van der Waals surface area contributed by atoms with Crippen molar-refractivity contribution in [1.82, 2.24) is 0 Å². The lowest BCUT2D eigenvalue weighted by Gasteiger charge is -2.00. The Labute approximate surface area is 67.0 Å². The van der Waals surface area contributed by atoms with Crippen LogP contribution in [0, 0.1) is 6.92 Å². The molecule has 0 amide bonds. The van der Waals surface area contributed by atoms with E-state index in [4.69, 9.17) is 4.74 Å². The van der Waals surface area contributed by atoms with Crippen molar-refractivity contribution in [3.8, 4) is 11.5 Å². The Bertz CT molecular complexity index is 300. The normalized spacial score (nSPS) is 12.7. The minimum absolute atomic E-state index is 0.576. The highest BCUT2D eigenvalue weighted by Crippen LogP contribution is 2.52. The minimum atomic E-state index is 0.576. The maximum atomic E-state index is 5.36. The average Bonchev–Trinajstić information content (AvgIpc) is 2.66. The van der Waals surface area contributed by atoms with Gasteiger partial charge >= 0.3 is 0 Å². The van der Waals surface area contributed by atoms with Crippen molar-refractivity contribution in [2.24, 2.45) is 0 Å². The quantitative estimate of drug-likeness (QED) is 0.565. The molecule has 1 heteroatoms. The van der Waals surface area contributed by atoms with E-state index in [1.165, 1.54) is 11.1 Å². The average molecular weight is 148 g/mol. The van der Waals surface area contributed by atoms with Crippen LogP contribution in [0.4, 0.5) is 0 Å². The first-order valence-corrected chi connectivity index (χ1v) is 4.01. The van der Waals surface area contributed by atoms with E-state index in [1.807, 2.05) is 0 Å². The molecule has 0 unspecified atom stereocenters. The highest BCUT2D eigenvalue weighted by Gasteiger charge is 2.27. The molecular weight excluding hydrogens is 136 g/mol. The fourth-order valence-corrected chi connectivity index (χ4v) is 1.35. The zero-order valence-electron chi connectivity index (χ0n) is 7.14. The molecule has 2 rings (SSSR count). The Morgan fingerprint density at radius 3 is 2.55 bits per heavy atom. The summed E-state index contributed by atoms with van der Waals surface area (Å²) in [5.74, 6) is 2.81. The van der Waals surface area contributed by atoms with E-state index >= 15 is 0 Å². The molecule has 0 aliphatic carbocycles. The van der Waals surface area contributed by atoms with Gasteiger partial charge in [-0.15, -0.1) is 0 Å². The highest BCUT2D eigenvalue weighted by molar-refractivity contribution is 5.64. The molecule has 1 heterocycles. The lowest BCUT2D eigenvalue weighted by Crippen LogP contribution is -1.82. The molecule has 0 bridgehead atoms. The summed E-state index contributed by atoms with van der Waals surface area (Å²) in [6.07, 6.45) is 0. The third-order valence-electron chi connectivity index (χ3n) is 2.12. The van der Waals surface area contributed by atoms with Crippen molar-refractivity contribution in [1.29, 1.82) is 0 Å². The summed E-state index contributed by atoms with van der Waals surface area (Å²) in [6.45, 7) is 6.45. The van der Waals surface area contributed by atoms with Gasteiger partial charge in [0.2, 0.25) is 0 Å². The molecule has 0 N–H and O–H groups in total. The Kier molecular flexibility index (Phi) is 1.22. The van der Waals surface area contributed by atoms with Crippen LogP contribution in [-0.2, 0) is 0 Å². The van der Waals surface area contributed by atoms with Gasteiger partial charge in [0.15, 0.2) is 11.5 Å². The van der Waals surface area contributed by atoms with E-state index in [9.17, 15) is 0 Å². The largest absolute Gasteiger partial charge is 0.449 e. The van der Waals surface area contributed by atoms with Gasteiger partial charge in [-0.25, -0.2) is 0 Å². The lowest BCUT2D eigenvalue weighted by atomic mass is 10.0. The fourth-order valence-electron chi connectivity index (χ4n) is 1.35. The second-order valence-electron chi connectivity index (χ2n) is 3.39. The van der Waals surface area contributed by atoms with Crippen LogP contribution in [0.25, 0.3) is 0 Å². The molecule has 1 aliphatic heterocycles. The maximum Gasteiger partial charge on any atom is 0.173 e. The number of fused-ring (bicyclic) bond motifs is 1. The van der Waals surface area contributed by atoms with Crippen molar-refractivity contribution in [2.45, 2.75) is 26.7 Å². The molecule has 0 radical (unpaired) electrons. The minimum Gasteiger partial charge on any atom is -0.449 e. The van der Waals surface area contributed by atoms with Crippen molar-refractivity contribution < 1.29 is 4.74 Å². The van der Waals surface area contributed by atoms with Gasteiger partial charge in [-0.3, -0.25) is 0 Å². The molecule has 1 aromatic rings. The SMILES string of the molecule is Cc1ccc(C(C)C)c2c1O2. The van der Waals surface area contributed by atoms with Crippen molar-refractivity contribution in [2.75, 3.05) is 0 Å². The summed E-state index contributed by atoms with van der Waals surface area (Å²) in [7, 11) is 0. The number of aryl methyl sites for hydroxylation is 1. The molecule has 1 aromatic carbocycles.